The van der Waals surface area contributed by atoms with Gasteiger partial charge in [0, 0.05) is 26.6 Å². The highest BCUT2D eigenvalue weighted by Crippen LogP contribution is 2.41. The molecule has 0 aliphatic carbocycles. The molecule has 3 heterocycles. The molecule has 0 fully saturated rings. The van der Waals surface area contributed by atoms with E-state index in [-0.39, 0.29) is 16.6 Å². The molecule has 0 N–H and O–H groups in total. The maximum absolute atomic E-state index is 15.1. The van der Waals surface area contributed by atoms with Gasteiger partial charge in [-0.15, -0.1) is 11.3 Å². The number of hydrogen-bond acceptors (Lipinski definition) is 2. The quantitative estimate of drug-likeness (QED) is 0.265. The molecule has 0 aliphatic rings. The lowest BCUT2D eigenvalue weighted by Crippen LogP contribution is -2.07. The van der Waals surface area contributed by atoms with Gasteiger partial charge in [-0.25, -0.2) is 18.2 Å². The maximum atomic E-state index is 15.1. The zero-order chi connectivity index (χ0) is 22.9. The average molecular weight is 453 g/mol. The van der Waals surface area contributed by atoms with Crippen molar-refractivity contribution >= 4 is 38.0 Å². The van der Waals surface area contributed by atoms with Gasteiger partial charge in [-0.2, -0.15) is 0 Å². The Morgan fingerprint density at radius 1 is 0.969 bits per heavy atom. The third-order valence-corrected chi connectivity index (χ3v) is 6.91. The van der Waals surface area contributed by atoms with Crippen molar-refractivity contribution in [2.45, 2.75) is 41.0 Å². The second kappa shape index (κ2) is 7.07. The highest BCUT2D eigenvalue weighted by Gasteiger charge is 2.23. The Hall–Kier alpha value is -2.86. The first kappa shape index (κ1) is 21.0. The average Bonchev–Trinajstić information content (AvgIpc) is 3.26. The van der Waals surface area contributed by atoms with Gasteiger partial charge in [0.25, 0.3) is 0 Å². The Morgan fingerprint density at radius 2 is 1.66 bits per heavy atom. The minimum absolute atomic E-state index is 0.0431. The first-order valence-corrected chi connectivity index (χ1v) is 11.3. The van der Waals surface area contributed by atoms with E-state index in [0.717, 1.165) is 44.6 Å². The summed E-state index contributed by atoms with van der Waals surface area (Å²) < 4.78 is 45.3. The molecule has 0 aliphatic heterocycles. The van der Waals surface area contributed by atoms with Crippen LogP contribution < -0.4 is 0 Å². The molecule has 5 rings (SSSR count). The molecule has 164 valence electrons. The number of rotatable bonds is 2. The van der Waals surface area contributed by atoms with Gasteiger partial charge in [0.05, 0.1) is 11.9 Å². The molecule has 0 radical (unpaired) electrons. The summed E-state index contributed by atoms with van der Waals surface area (Å²) in [5, 5.41) is 1.49. The first-order chi connectivity index (χ1) is 15.0. The van der Waals surface area contributed by atoms with Gasteiger partial charge in [-0.1, -0.05) is 20.8 Å². The zero-order valence-corrected chi connectivity index (χ0v) is 19.4. The predicted octanol–water partition coefficient (Wildman–Crippen LogP) is 7.99. The van der Waals surface area contributed by atoms with Crippen LogP contribution >= 0.6 is 11.3 Å². The number of fused-ring (bicyclic) bond motifs is 6. The molecule has 6 heteroatoms. The normalized spacial score (nSPS) is 12.5. The van der Waals surface area contributed by atoms with Gasteiger partial charge < -0.3 is 0 Å². The van der Waals surface area contributed by atoms with Gasteiger partial charge in [0.1, 0.15) is 16.3 Å². The number of halogens is 3. The van der Waals surface area contributed by atoms with Crippen LogP contribution in [0, 0.1) is 36.7 Å². The van der Waals surface area contributed by atoms with Crippen LogP contribution in [0.3, 0.4) is 0 Å². The number of nitrogens with zero attached hydrogens (tertiary/aromatic N) is 2. The third-order valence-electron chi connectivity index (χ3n) is 5.79. The van der Waals surface area contributed by atoms with Crippen LogP contribution in [0.1, 0.15) is 36.8 Å². The van der Waals surface area contributed by atoms with Crippen molar-refractivity contribution < 1.29 is 13.2 Å². The predicted molar refractivity (Wildman–Crippen MR) is 126 cm³/mol. The number of pyridine rings is 1. The lowest BCUT2D eigenvalue weighted by molar-refractivity contribution is 0.415. The lowest BCUT2D eigenvalue weighted by Gasteiger charge is -2.16. The Labute approximate surface area is 188 Å². The summed E-state index contributed by atoms with van der Waals surface area (Å²) in [6.07, 6.45) is 2.55. The summed E-state index contributed by atoms with van der Waals surface area (Å²) >= 11 is 1.57. The second-order valence-electron chi connectivity index (χ2n) is 9.67. The van der Waals surface area contributed by atoms with Gasteiger partial charge in [-0.05, 0) is 67.1 Å². The molecule has 2 aromatic carbocycles. The molecule has 0 saturated carbocycles. The van der Waals surface area contributed by atoms with Crippen LogP contribution in [0.25, 0.3) is 37.9 Å². The van der Waals surface area contributed by atoms with Crippen LogP contribution in [0.5, 0.6) is 0 Å². The summed E-state index contributed by atoms with van der Waals surface area (Å²) in [6, 6.07) is 7.73. The van der Waals surface area contributed by atoms with Crippen LogP contribution in [0.2, 0.25) is 0 Å². The van der Waals surface area contributed by atoms with E-state index in [1.54, 1.807) is 23.6 Å². The SMILES string of the molecule is Cc1cc(F)cc(C)c1-c1cnc2c3ccc(F)c(F)c3c3cc(CC(C)(C)C)sc3n12. The second-order valence-corrected chi connectivity index (χ2v) is 10.8. The number of aryl methyl sites for hydroxylation is 2. The number of imidazole rings is 1. The molecule has 0 bridgehead atoms. The Kier molecular flexibility index (Phi) is 4.64. The van der Waals surface area contributed by atoms with Crippen molar-refractivity contribution in [2.24, 2.45) is 5.41 Å². The summed E-state index contributed by atoms with van der Waals surface area (Å²) in [5.74, 6) is -2.01. The standard InChI is InChI=1S/C26H23F3N2S/c1-13-8-15(27)9-14(2)21(13)20-12-30-24-17-6-7-19(28)23(29)22(17)18-10-16(11-26(3,4)5)32-25(18)31(20)24/h6-10,12H,11H2,1-5H3. The summed E-state index contributed by atoms with van der Waals surface area (Å²) in [6.45, 7) is 10.2. The van der Waals surface area contributed by atoms with Gasteiger partial charge in [0.15, 0.2) is 11.6 Å². The fourth-order valence-electron chi connectivity index (χ4n) is 4.63. The van der Waals surface area contributed by atoms with Crippen molar-refractivity contribution in [1.82, 2.24) is 9.38 Å². The lowest BCUT2D eigenvalue weighted by atomic mass is 9.91. The molecule has 0 unspecified atom stereocenters. The van der Waals surface area contributed by atoms with Gasteiger partial charge in [-0.3, -0.25) is 4.40 Å². The monoisotopic (exact) mass is 452 g/mol. The summed E-state index contributed by atoms with van der Waals surface area (Å²) in [7, 11) is 0. The van der Waals surface area contributed by atoms with E-state index in [1.807, 2.05) is 24.3 Å². The van der Waals surface area contributed by atoms with E-state index in [4.69, 9.17) is 0 Å². The summed E-state index contributed by atoms with van der Waals surface area (Å²) in [5.41, 5.74) is 3.92. The highest BCUT2D eigenvalue weighted by molar-refractivity contribution is 7.18. The Balaban J connectivity index is 1.96. The molecular formula is C26H23F3N2S. The molecule has 0 atom stereocenters. The fraction of sp³-hybridized carbons (Fsp3) is 0.269. The largest absolute Gasteiger partial charge is 0.283 e. The molecular weight excluding hydrogens is 429 g/mol. The van der Waals surface area contributed by atoms with Crippen molar-refractivity contribution in [1.29, 1.82) is 0 Å². The van der Waals surface area contributed by atoms with Crippen molar-refractivity contribution in [3.05, 3.63) is 70.0 Å². The summed E-state index contributed by atoms with van der Waals surface area (Å²) in [4.78, 5) is 6.53. The molecule has 3 aromatic heterocycles. The van der Waals surface area contributed by atoms with Crippen LogP contribution in [-0.2, 0) is 6.42 Å². The van der Waals surface area contributed by atoms with E-state index < -0.39 is 11.6 Å². The maximum Gasteiger partial charge on any atom is 0.167 e. The third kappa shape index (κ3) is 3.20. The molecule has 0 amide bonds. The topological polar surface area (TPSA) is 17.3 Å². The number of aromatic nitrogens is 2. The Morgan fingerprint density at radius 3 is 2.31 bits per heavy atom. The molecule has 2 nitrogen and oxygen atoms in total. The minimum Gasteiger partial charge on any atom is -0.283 e. The van der Waals surface area contributed by atoms with E-state index in [1.165, 1.54) is 12.1 Å². The van der Waals surface area contributed by atoms with Crippen molar-refractivity contribution in [3.8, 4) is 11.3 Å². The van der Waals surface area contributed by atoms with E-state index in [9.17, 15) is 8.78 Å². The van der Waals surface area contributed by atoms with Crippen LogP contribution in [0.15, 0.2) is 36.5 Å². The number of hydrogen-bond donors (Lipinski definition) is 0. The van der Waals surface area contributed by atoms with E-state index >= 15 is 4.39 Å². The smallest absolute Gasteiger partial charge is 0.167 e. The van der Waals surface area contributed by atoms with Crippen molar-refractivity contribution in [3.63, 3.8) is 0 Å². The number of thiophene rings is 1. The molecule has 5 aromatic rings. The van der Waals surface area contributed by atoms with E-state index in [0.29, 0.717) is 16.4 Å². The Bertz CT molecular complexity index is 1510. The van der Waals surface area contributed by atoms with Gasteiger partial charge >= 0.3 is 0 Å². The fourth-order valence-corrected chi connectivity index (χ4v) is 6.10. The minimum atomic E-state index is -0.872. The van der Waals surface area contributed by atoms with Crippen LogP contribution in [-0.4, -0.2) is 9.38 Å². The van der Waals surface area contributed by atoms with E-state index in [2.05, 4.69) is 25.8 Å². The van der Waals surface area contributed by atoms with Crippen molar-refractivity contribution in [2.75, 3.05) is 0 Å². The number of benzene rings is 2. The van der Waals surface area contributed by atoms with Gasteiger partial charge in [0.2, 0.25) is 0 Å². The molecule has 32 heavy (non-hydrogen) atoms. The first-order valence-electron chi connectivity index (χ1n) is 10.5. The van der Waals surface area contributed by atoms with Crippen LogP contribution in [0.4, 0.5) is 13.2 Å². The molecule has 0 saturated heterocycles. The zero-order valence-electron chi connectivity index (χ0n) is 18.6. The highest BCUT2D eigenvalue weighted by atomic mass is 32.1. The molecule has 0 spiro atoms.